The smallest absolute Gasteiger partial charge is 0.290 e. The van der Waals surface area contributed by atoms with E-state index >= 15 is 0 Å². The van der Waals surface area contributed by atoms with Crippen molar-refractivity contribution in [2.45, 2.75) is 24.3 Å². The summed E-state index contributed by atoms with van der Waals surface area (Å²) in [6.45, 7) is 1.79. The number of aromatic nitrogens is 2. The Labute approximate surface area is 166 Å². The monoisotopic (exact) mass is 420 g/mol. The molecule has 2 aromatic carbocycles. The van der Waals surface area contributed by atoms with E-state index in [1.54, 1.807) is 13.1 Å². The second kappa shape index (κ2) is 8.09. The lowest BCUT2D eigenvalue weighted by atomic mass is 10.2. The number of nitrogens with zero attached hydrogens (tertiary/aromatic N) is 2. The number of nitrogens with one attached hydrogen (secondary N) is 2. The maximum atomic E-state index is 12.8. The number of nitro benzene ring substituents is 1. The van der Waals surface area contributed by atoms with E-state index in [1.165, 1.54) is 6.07 Å². The summed E-state index contributed by atoms with van der Waals surface area (Å²) in [5.74, 6) is 0.418. The van der Waals surface area contributed by atoms with Crippen LogP contribution >= 0.6 is 11.6 Å². The lowest BCUT2D eigenvalue weighted by molar-refractivity contribution is -0.387. The molecule has 0 saturated carbocycles. The lowest BCUT2D eigenvalue weighted by Gasteiger charge is -2.15. The number of rotatable bonds is 7. The molecule has 0 aliphatic heterocycles. The first-order valence-corrected chi connectivity index (χ1v) is 10.2. The maximum Gasteiger partial charge on any atom is 0.290 e. The number of hydrogen-bond donors (Lipinski definition) is 2. The third-order valence-electron chi connectivity index (χ3n) is 4.12. The van der Waals surface area contributed by atoms with Crippen LogP contribution in [-0.4, -0.2) is 23.3 Å². The van der Waals surface area contributed by atoms with Crippen LogP contribution in [0.25, 0.3) is 11.3 Å². The Hall–Kier alpha value is -2.75. The molecule has 8 nitrogen and oxygen atoms in total. The van der Waals surface area contributed by atoms with Gasteiger partial charge in [-0.3, -0.25) is 10.1 Å². The Kier molecular flexibility index (Phi) is 5.78. The summed E-state index contributed by atoms with van der Waals surface area (Å²) in [7, 11) is -4.18. The Bertz CT molecular complexity index is 1100. The maximum absolute atomic E-state index is 12.8. The standard InChI is InChI=1S/C18H17ClN4O4S/c1-2-14(18-20-11-15(21-18)12-6-4-3-5-7-12)22-28(26,27)17-9-8-13(19)10-16(17)23(24)25/h3-11,14,22H,2H2,1H3,(H,20,21). The highest BCUT2D eigenvalue weighted by Crippen LogP contribution is 2.29. The first-order valence-electron chi connectivity index (χ1n) is 8.38. The molecule has 10 heteroatoms. The molecular weight excluding hydrogens is 404 g/mol. The fourth-order valence-corrected chi connectivity index (χ4v) is 4.32. The molecule has 1 unspecified atom stereocenters. The van der Waals surface area contributed by atoms with Crippen LogP contribution in [0.3, 0.4) is 0 Å². The zero-order valence-electron chi connectivity index (χ0n) is 14.8. The zero-order valence-corrected chi connectivity index (χ0v) is 16.4. The van der Waals surface area contributed by atoms with Crippen molar-refractivity contribution in [2.75, 3.05) is 0 Å². The Morgan fingerprint density at radius 1 is 1.25 bits per heavy atom. The van der Waals surface area contributed by atoms with Gasteiger partial charge in [-0.05, 0) is 24.1 Å². The number of sulfonamides is 1. The van der Waals surface area contributed by atoms with Crippen LogP contribution in [0, 0.1) is 10.1 Å². The molecule has 0 aliphatic carbocycles. The molecular formula is C18H17ClN4O4S. The summed E-state index contributed by atoms with van der Waals surface area (Å²) < 4.78 is 28.1. The molecule has 0 saturated heterocycles. The third-order valence-corrected chi connectivity index (χ3v) is 5.88. The molecule has 28 heavy (non-hydrogen) atoms. The van der Waals surface area contributed by atoms with Gasteiger partial charge in [0.2, 0.25) is 10.0 Å². The van der Waals surface area contributed by atoms with Crippen molar-refractivity contribution in [1.82, 2.24) is 14.7 Å². The van der Waals surface area contributed by atoms with E-state index in [2.05, 4.69) is 14.7 Å². The van der Waals surface area contributed by atoms with Gasteiger partial charge in [0.15, 0.2) is 4.90 Å². The summed E-state index contributed by atoms with van der Waals surface area (Å²) in [5.41, 5.74) is 1.07. The summed E-state index contributed by atoms with van der Waals surface area (Å²) in [6, 6.07) is 12.2. The summed E-state index contributed by atoms with van der Waals surface area (Å²) in [4.78, 5) is 17.4. The minimum absolute atomic E-state index is 0.0798. The van der Waals surface area contributed by atoms with Gasteiger partial charge in [0.25, 0.3) is 5.69 Å². The van der Waals surface area contributed by atoms with E-state index in [4.69, 9.17) is 11.6 Å². The van der Waals surface area contributed by atoms with E-state index in [9.17, 15) is 18.5 Å². The molecule has 146 valence electrons. The van der Waals surface area contributed by atoms with E-state index < -0.39 is 31.6 Å². The number of H-pyrrole nitrogens is 1. The van der Waals surface area contributed by atoms with Crippen molar-refractivity contribution < 1.29 is 13.3 Å². The number of benzene rings is 2. The zero-order chi connectivity index (χ0) is 20.3. The Morgan fingerprint density at radius 2 is 1.96 bits per heavy atom. The average Bonchev–Trinajstić information content (AvgIpc) is 3.16. The predicted octanol–water partition coefficient (Wildman–Crippen LogP) is 4.07. The molecule has 0 radical (unpaired) electrons. The minimum atomic E-state index is -4.18. The largest absolute Gasteiger partial charge is 0.341 e. The molecule has 0 amide bonds. The molecule has 1 atom stereocenters. The van der Waals surface area contributed by atoms with Gasteiger partial charge < -0.3 is 4.98 Å². The topological polar surface area (TPSA) is 118 Å². The van der Waals surface area contributed by atoms with Crippen LogP contribution in [0.5, 0.6) is 0 Å². The summed E-state index contributed by atoms with van der Waals surface area (Å²) in [6.07, 6.45) is 2.01. The second-order valence-corrected chi connectivity index (χ2v) is 8.12. The van der Waals surface area contributed by atoms with Crippen LogP contribution in [0.2, 0.25) is 5.02 Å². The summed E-state index contributed by atoms with van der Waals surface area (Å²) >= 11 is 5.77. The van der Waals surface area contributed by atoms with Crippen molar-refractivity contribution in [3.8, 4) is 11.3 Å². The molecule has 0 bridgehead atoms. The van der Waals surface area contributed by atoms with Gasteiger partial charge in [-0.15, -0.1) is 0 Å². The predicted molar refractivity (Wildman–Crippen MR) is 105 cm³/mol. The number of hydrogen-bond acceptors (Lipinski definition) is 5. The van der Waals surface area contributed by atoms with Crippen LogP contribution in [0.4, 0.5) is 5.69 Å². The minimum Gasteiger partial charge on any atom is -0.341 e. The van der Waals surface area contributed by atoms with Crippen molar-refractivity contribution in [3.05, 3.63) is 75.7 Å². The molecule has 3 rings (SSSR count). The molecule has 1 aromatic heterocycles. The van der Waals surface area contributed by atoms with E-state index in [-0.39, 0.29) is 5.02 Å². The van der Waals surface area contributed by atoms with Crippen LogP contribution in [0.1, 0.15) is 25.2 Å². The SMILES string of the molecule is CCC(NS(=O)(=O)c1ccc(Cl)cc1[N+](=O)[O-])c1ncc(-c2ccccc2)[nH]1. The molecule has 0 aliphatic rings. The van der Waals surface area contributed by atoms with Gasteiger partial charge in [0.05, 0.1) is 22.9 Å². The van der Waals surface area contributed by atoms with Crippen molar-refractivity contribution in [2.24, 2.45) is 0 Å². The molecule has 0 fully saturated rings. The fraction of sp³-hybridized carbons (Fsp3) is 0.167. The number of halogens is 1. The lowest BCUT2D eigenvalue weighted by Crippen LogP contribution is -2.29. The third kappa shape index (κ3) is 4.22. The molecule has 2 N–H and O–H groups in total. The van der Waals surface area contributed by atoms with Crippen molar-refractivity contribution in [1.29, 1.82) is 0 Å². The van der Waals surface area contributed by atoms with Gasteiger partial charge in [0, 0.05) is 11.1 Å². The van der Waals surface area contributed by atoms with Crippen LogP contribution < -0.4 is 4.72 Å². The van der Waals surface area contributed by atoms with Gasteiger partial charge in [0.1, 0.15) is 5.82 Å². The first kappa shape index (κ1) is 20.0. The quantitative estimate of drug-likeness (QED) is 0.441. The van der Waals surface area contributed by atoms with E-state index in [1.807, 2.05) is 30.3 Å². The van der Waals surface area contributed by atoms with Crippen LogP contribution in [0.15, 0.2) is 59.6 Å². The van der Waals surface area contributed by atoms with Crippen molar-refractivity contribution >= 4 is 27.3 Å². The normalized spacial score (nSPS) is 12.6. The summed E-state index contributed by atoms with van der Waals surface area (Å²) in [5, 5.41) is 11.3. The highest BCUT2D eigenvalue weighted by Gasteiger charge is 2.29. The van der Waals surface area contributed by atoms with Gasteiger partial charge in [-0.1, -0.05) is 48.9 Å². The highest BCUT2D eigenvalue weighted by atomic mass is 35.5. The molecule has 3 aromatic rings. The van der Waals surface area contributed by atoms with E-state index in [0.717, 1.165) is 23.4 Å². The van der Waals surface area contributed by atoms with E-state index in [0.29, 0.717) is 12.2 Å². The number of nitro groups is 1. The Balaban J connectivity index is 1.91. The Morgan fingerprint density at radius 3 is 2.61 bits per heavy atom. The van der Waals surface area contributed by atoms with Gasteiger partial charge in [-0.25, -0.2) is 18.1 Å². The first-order chi connectivity index (χ1) is 13.3. The molecule has 0 spiro atoms. The molecule has 1 heterocycles. The number of imidazole rings is 1. The highest BCUT2D eigenvalue weighted by molar-refractivity contribution is 7.89. The second-order valence-electron chi connectivity index (χ2n) is 6.00. The van der Waals surface area contributed by atoms with Crippen LogP contribution in [-0.2, 0) is 10.0 Å². The van der Waals surface area contributed by atoms with Crippen molar-refractivity contribution in [3.63, 3.8) is 0 Å². The van der Waals surface area contributed by atoms with Gasteiger partial charge in [-0.2, -0.15) is 0 Å². The average molecular weight is 421 g/mol. The fourth-order valence-electron chi connectivity index (χ4n) is 2.72. The van der Waals surface area contributed by atoms with Gasteiger partial charge >= 0.3 is 0 Å². The number of aromatic amines is 1.